The highest BCUT2D eigenvalue weighted by Crippen LogP contribution is 2.42. The Morgan fingerprint density at radius 3 is 2.57 bits per heavy atom. The molecule has 3 aromatic rings. The minimum absolute atomic E-state index is 0.116. The highest BCUT2D eigenvalue weighted by atomic mass is 19.1. The number of hydrogen-bond acceptors (Lipinski definition) is 2. The van der Waals surface area contributed by atoms with Crippen LogP contribution in [-0.4, -0.2) is 16.0 Å². The molecule has 2 aliphatic carbocycles. The highest BCUT2D eigenvalue weighted by molar-refractivity contribution is 6.00. The predicted molar refractivity (Wildman–Crippen MR) is 107 cm³/mol. The average Bonchev–Trinajstić information content (AvgIpc) is 3.10. The third kappa shape index (κ3) is 2.63. The zero-order valence-electron chi connectivity index (χ0n) is 15.5. The van der Waals surface area contributed by atoms with Crippen LogP contribution in [0.2, 0.25) is 0 Å². The number of allylic oxidation sites excluding steroid dienone is 1. The number of halogens is 1. The standard InChI is InChI=1S/C24H21FN2O/c25-19-11-5-10-18(14-19)24(17-8-2-1-3-9-17)13-12-20-21(15-24)26-27-22(20)23(28)16-6-4-7-16/h1-3,5,8-14,16H,4,6-7,15H2,(H,26,27). The number of aromatic amines is 1. The minimum Gasteiger partial charge on any atom is -0.292 e. The first-order valence-electron chi connectivity index (χ1n) is 9.80. The van der Waals surface area contributed by atoms with Gasteiger partial charge in [0.2, 0.25) is 0 Å². The molecule has 0 bridgehead atoms. The van der Waals surface area contributed by atoms with Crippen molar-refractivity contribution >= 4 is 11.9 Å². The van der Waals surface area contributed by atoms with Crippen LogP contribution < -0.4 is 0 Å². The van der Waals surface area contributed by atoms with Gasteiger partial charge in [-0.1, -0.05) is 61.0 Å². The largest absolute Gasteiger partial charge is 0.292 e. The van der Waals surface area contributed by atoms with E-state index < -0.39 is 5.41 Å². The summed E-state index contributed by atoms with van der Waals surface area (Å²) in [6.07, 6.45) is 7.74. The van der Waals surface area contributed by atoms with E-state index in [1.807, 2.05) is 30.3 Å². The van der Waals surface area contributed by atoms with Crippen LogP contribution in [-0.2, 0) is 11.8 Å². The molecule has 0 saturated heterocycles. The van der Waals surface area contributed by atoms with Crippen molar-refractivity contribution in [1.29, 1.82) is 0 Å². The van der Waals surface area contributed by atoms with Gasteiger partial charge in [0.1, 0.15) is 11.5 Å². The monoisotopic (exact) mass is 372 g/mol. The van der Waals surface area contributed by atoms with E-state index in [-0.39, 0.29) is 17.5 Å². The van der Waals surface area contributed by atoms with Gasteiger partial charge in [-0.25, -0.2) is 4.39 Å². The molecule has 140 valence electrons. The molecule has 0 spiro atoms. The molecule has 1 saturated carbocycles. The SMILES string of the molecule is O=C(c1n[nH]c2c1C=CC(c1ccccc1)(c1cccc(F)c1)C2)C1CCC1. The van der Waals surface area contributed by atoms with Crippen molar-refractivity contribution in [2.24, 2.45) is 5.92 Å². The van der Waals surface area contributed by atoms with Gasteiger partial charge in [-0.15, -0.1) is 0 Å². The third-order valence-corrected chi connectivity index (χ3v) is 6.21. The topological polar surface area (TPSA) is 45.8 Å². The Balaban J connectivity index is 1.61. The van der Waals surface area contributed by atoms with Crippen molar-refractivity contribution in [2.75, 3.05) is 0 Å². The van der Waals surface area contributed by atoms with Crippen molar-refractivity contribution in [1.82, 2.24) is 10.2 Å². The molecule has 1 atom stereocenters. The lowest BCUT2D eigenvalue weighted by atomic mass is 9.68. The molecule has 2 aliphatic rings. The lowest BCUT2D eigenvalue weighted by Gasteiger charge is -2.34. The molecule has 1 fully saturated rings. The number of nitrogens with zero attached hydrogens (tertiary/aromatic N) is 1. The lowest BCUT2D eigenvalue weighted by molar-refractivity contribution is 0.0849. The van der Waals surface area contributed by atoms with E-state index in [1.54, 1.807) is 12.1 Å². The fraction of sp³-hybridized carbons (Fsp3) is 0.250. The van der Waals surface area contributed by atoms with E-state index in [1.165, 1.54) is 6.07 Å². The van der Waals surface area contributed by atoms with Crippen molar-refractivity contribution in [3.05, 3.63) is 94.6 Å². The van der Waals surface area contributed by atoms with Gasteiger partial charge in [-0.2, -0.15) is 5.10 Å². The Kier molecular flexibility index (Phi) is 4.00. The van der Waals surface area contributed by atoms with E-state index >= 15 is 0 Å². The summed E-state index contributed by atoms with van der Waals surface area (Å²) in [6.45, 7) is 0. The van der Waals surface area contributed by atoms with Crippen LogP contribution in [0.5, 0.6) is 0 Å². The van der Waals surface area contributed by atoms with Crippen molar-refractivity contribution in [3.8, 4) is 0 Å². The van der Waals surface area contributed by atoms with E-state index in [4.69, 9.17) is 0 Å². The molecular weight excluding hydrogens is 351 g/mol. The predicted octanol–water partition coefficient (Wildman–Crippen LogP) is 5.09. The van der Waals surface area contributed by atoms with Crippen LogP contribution in [0.25, 0.3) is 6.08 Å². The van der Waals surface area contributed by atoms with Gasteiger partial charge in [0.15, 0.2) is 5.78 Å². The molecule has 2 aromatic carbocycles. The Morgan fingerprint density at radius 2 is 1.86 bits per heavy atom. The van der Waals surface area contributed by atoms with Gasteiger partial charge in [-0.3, -0.25) is 9.89 Å². The average molecular weight is 372 g/mol. The van der Waals surface area contributed by atoms with Gasteiger partial charge in [0.25, 0.3) is 0 Å². The van der Waals surface area contributed by atoms with E-state index in [0.29, 0.717) is 12.1 Å². The van der Waals surface area contributed by atoms with Gasteiger partial charge >= 0.3 is 0 Å². The first-order chi connectivity index (χ1) is 13.7. The second-order valence-electron chi connectivity index (χ2n) is 7.81. The summed E-state index contributed by atoms with van der Waals surface area (Å²) in [4.78, 5) is 12.7. The number of H-pyrrole nitrogens is 1. The molecule has 1 heterocycles. The smallest absolute Gasteiger partial charge is 0.186 e. The molecule has 5 rings (SSSR count). The van der Waals surface area contributed by atoms with Gasteiger partial charge in [0.05, 0.1) is 0 Å². The van der Waals surface area contributed by atoms with Crippen LogP contribution in [0.3, 0.4) is 0 Å². The summed E-state index contributed by atoms with van der Waals surface area (Å²) in [6, 6.07) is 16.9. The summed E-state index contributed by atoms with van der Waals surface area (Å²) >= 11 is 0. The lowest BCUT2D eigenvalue weighted by Crippen LogP contribution is -2.31. The van der Waals surface area contributed by atoms with Gasteiger partial charge < -0.3 is 0 Å². The number of Topliss-reactive ketones (excluding diaryl/α,β-unsaturated/α-hetero) is 1. The molecule has 3 nitrogen and oxygen atoms in total. The Hall–Kier alpha value is -3.01. The molecule has 4 heteroatoms. The van der Waals surface area contributed by atoms with Crippen molar-refractivity contribution in [3.63, 3.8) is 0 Å². The molecule has 0 amide bonds. The zero-order chi connectivity index (χ0) is 19.1. The fourth-order valence-electron chi connectivity index (χ4n) is 4.38. The van der Waals surface area contributed by atoms with E-state index in [0.717, 1.165) is 41.6 Å². The van der Waals surface area contributed by atoms with E-state index in [9.17, 15) is 9.18 Å². The summed E-state index contributed by atoms with van der Waals surface area (Å²) in [5.74, 6) is 0.00802. The van der Waals surface area contributed by atoms with Crippen LogP contribution in [0, 0.1) is 11.7 Å². The van der Waals surface area contributed by atoms with Crippen LogP contribution in [0.1, 0.15) is 52.1 Å². The molecule has 0 radical (unpaired) electrons. The number of carbonyl (C=O) groups excluding carboxylic acids is 1. The van der Waals surface area contributed by atoms with Crippen LogP contribution >= 0.6 is 0 Å². The summed E-state index contributed by atoms with van der Waals surface area (Å²) in [7, 11) is 0. The number of rotatable bonds is 4. The normalized spacial score (nSPS) is 21.2. The molecule has 28 heavy (non-hydrogen) atoms. The molecule has 1 N–H and O–H groups in total. The molecule has 1 unspecified atom stereocenters. The first-order valence-corrected chi connectivity index (χ1v) is 9.80. The Morgan fingerprint density at radius 1 is 1.07 bits per heavy atom. The highest BCUT2D eigenvalue weighted by Gasteiger charge is 2.38. The third-order valence-electron chi connectivity index (χ3n) is 6.21. The van der Waals surface area contributed by atoms with Gasteiger partial charge in [0, 0.05) is 29.0 Å². The van der Waals surface area contributed by atoms with Crippen molar-refractivity contribution < 1.29 is 9.18 Å². The van der Waals surface area contributed by atoms with Crippen LogP contribution in [0.15, 0.2) is 60.7 Å². The molecule has 0 aliphatic heterocycles. The number of benzene rings is 2. The van der Waals surface area contributed by atoms with Crippen molar-refractivity contribution in [2.45, 2.75) is 31.1 Å². The summed E-state index contributed by atoms with van der Waals surface area (Å²) in [5, 5.41) is 7.47. The first kappa shape index (κ1) is 17.1. The second kappa shape index (κ2) is 6.55. The molecule has 1 aromatic heterocycles. The maximum Gasteiger partial charge on any atom is 0.186 e. The van der Waals surface area contributed by atoms with Gasteiger partial charge in [-0.05, 0) is 36.1 Å². The number of carbonyl (C=O) groups is 1. The van der Waals surface area contributed by atoms with E-state index in [2.05, 4.69) is 28.4 Å². The quantitative estimate of drug-likeness (QED) is 0.649. The second-order valence-corrected chi connectivity index (χ2v) is 7.81. The number of ketones is 1. The zero-order valence-corrected chi connectivity index (χ0v) is 15.5. The fourth-order valence-corrected chi connectivity index (χ4v) is 4.38. The Bertz CT molecular complexity index is 1070. The maximum atomic E-state index is 14.1. The number of aromatic nitrogens is 2. The number of nitrogens with one attached hydrogen (secondary N) is 1. The Labute approximate surface area is 163 Å². The maximum absolute atomic E-state index is 14.1. The summed E-state index contributed by atoms with van der Waals surface area (Å²) in [5.41, 5.74) is 3.85. The molecular formula is C24H21FN2O. The minimum atomic E-state index is -0.500. The summed E-state index contributed by atoms with van der Waals surface area (Å²) < 4.78 is 14.1. The number of hydrogen-bond donors (Lipinski definition) is 1. The number of fused-ring (bicyclic) bond motifs is 1. The van der Waals surface area contributed by atoms with Crippen LogP contribution in [0.4, 0.5) is 4.39 Å².